The Morgan fingerprint density at radius 1 is 1.80 bits per heavy atom. The molecule has 0 fully saturated rings. The van der Waals surface area contributed by atoms with Crippen LogP contribution in [-0.4, -0.2) is 16.8 Å². The van der Waals surface area contributed by atoms with Gasteiger partial charge in [-0.1, -0.05) is 6.92 Å². The number of hydrogen-bond acceptors (Lipinski definition) is 3. The van der Waals surface area contributed by atoms with E-state index in [2.05, 4.69) is 6.07 Å². The van der Waals surface area contributed by atoms with Crippen molar-refractivity contribution in [2.24, 2.45) is 0 Å². The van der Waals surface area contributed by atoms with E-state index in [0.29, 0.717) is 5.75 Å². The summed E-state index contributed by atoms with van der Waals surface area (Å²) in [4.78, 5) is 10.4. The topological polar surface area (TPSA) is 40.9 Å². The highest BCUT2D eigenvalue weighted by molar-refractivity contribution is 8.00. The Hall–Kier alpha value is -0.490. The van der Waals surface area contributed by atoms with Gasteiger partial charge in [0.25, 0.3) is 0 Å². The molecule has 0 aromatic heterocycles. The summed E-state index contributed by atoms with van der Waals surface area (Å²) in [6.45, 7) is 3.48. The van der Waals surface area contributed by atoms with E-state index < -0.39 is 0 Å². The lowest BCUT2D eigenvalue weighted by Crippen LogP contribution is -2.02. The van der Waals surface area contributed by atoms with E-state index >= 15 is 0 Å². The van der Waals surface area contributed by atoms with Crippen LogP contribution in [0.1, 0.15) is 20.3 Å². The summed E-state index contributed by atoms with van der Waals surface area (Å²) in [5, 5.41) is 8.45. The maximum absolute atomic E-state index is 10.4. The lowest BCUT2D eigenvalue weighted by atomic mass is 10.4. The Morgan fingerprint density at radius 3 is 2.70 bits per heavy atom. The molecule has 0 N–H and O–H groups in total. The number of nitriles is 1. The van der Waals surface area contributed by atoms with Crippen LogP contribution in [0.25, 0.3) is 0 Å². The quantitative estimate of drug-likeness (QED) is 0.622. The molecule has 2 nitrogen and oxygen atoms in total. The number of ketones is 1. The molecule has 1 unspecified atom stereocenters. The number of carbonyl (C=O) groups excluding carboxylic acids is 1. The highest BCUT2D eigenvalue weighted by Gasteiger charge is 2.04. The third kappa shape index (κ3) is 4.39. The second kappa shape index (κ2) is 5.31. The van der Waals surface area contributed by atoms with Crippen LogP contribution in [0.2, 0.25) is 0 Å². The van der Waals surface area contributed by atoms with Crippen molar-refractivity contribution < 1.29 is 4.79 Å². The summed E-state index contributed by atoms with van der Waals surface area (Å²) in [6, 6.07) is 2.12. The third-order valence-electron chi connectivity index (χ3n) is 1.00. The molecule has 0 rings (SSSR count). The number of rotatable bonds is 4. The van der Waals surface area contributed by atoms with Gasteiger partial charge in [-0.25, -0.2) is 0 Å². The lowest BCUT2D eigenvalue weighted by Gasteiger charge is -2.01. The van der Waals surface area contributed by atoms with Gasteiger partial charge < -0.3 is 0 Å². The van der Waals surface area contributed by atoms with Crippen molar-refractivity contribution in [3.8, 4) is 6.07 Å². The number of thioether (sulfide) groups is 1. The molecule has 0 saturated heterocycles. The van der Waals surface area contributed by atoms with Crippen molar-refractivity contribution in [3.63, 3.8) is 0 Å². The Labute approximate surface area is 65.6 Å². The average molecular weight is 157 g/mol. The molecule has 0 amide bonds. The molecule has 1 atom stereocenters. The third-order valence-corrected chi connectivity index (χ3v) is 2.42. The molecule has 0 saturated carbocycles. The first-order valence-electron chi connectivity index (χ1n) is 3.21. The smallest absolute Gasteiger partial charge is 0.139 e. The predicted molar refractivity (Wildman–Crippen MR) is 42.8 cm³/mol. The first-order chi connectivity index (χ1) is 4.70. The molecule has 0 bridgehead atoms. The van der Waals surface area contributed by atoms with Crippen molar-refractivity contribution in [2.75, 3.05) is 5.75 Å². The molecule has 0 radical (unpaired) electrons. The maximum Gasteiger partial charge on any atom is 0.139 e. The first kappa shape index (κ1) is 9.51. The van der Waals surface area contributed by atoms with Crippen LogP contribution in [0.3, 0.4) is 0 Å². The van der Waals surface area contributed by atoms with Crippen molar-refractivity contribution in [2.45, 2.75) is 25.5 Å². The molecule has 0 aliphatic carbocycles. The Bertz CT molecular complexity index is 150. The van der Waals surface area contributed by atoms with Crippen LogP contribution in [0.4, 0.5) is 0 Å². The van der Waals surface area contributed by atoms with Crippen molar-refractivity contribution in [1.29, 1.82) is 5.26 Å². The van der Waals surface area contributed by atoms with Gasteiger partial charge in [0, 0.05) is 0 Å². The average Bonchev–Trinajstić information content (AvgIpc) is 1.90. The zero-order valence-corrected chi connectivity index (χ0v) is 7.07. The maximum atomic E-state index is 10.4. The number of carbonyl (C=O) groups is 1. The van der Waals surface area contributed by atoms with Gasteiger partial charge >= 0.3 is 0 Å². The Morgan fingerprint density at radius 2 is 2.40 bits per heavy atom. The van der Waals surface area contributed by atoms with E-state index in [-0.39, 0.29) is 11.0 Å². The summed E-state index contributed by atoms with van der Waals surface area (Å²) >= 11 is 1.42. The van der Waals surface area contributed by atoms with Gasteiger partial charge in [0.1, 0.15) is 5.78 Å². The second-order valence-corrected chi connectivity index (χ2v) is 3.23. The van der Waals surface area contributed by atoms with Crippen LogP contribution < -0.4 is 0 Å². The fourth-order valence-corrected chi connectivity index (χ4v) is 1.21. The van der Waals surface area contributed by atoms with Gasteiger partial charge in [-0.3, -0.25) is 4.79 Å². The van der Waals surface area contributed by atoms with E-state index in [9.17, 15) is 4.79 Å². The summed E-state index contributed by atoms with van der Waals surface area (Å²) in [5.74, 6) is 0.602. The Kier molecular flexibility index (Phi) is 5.05. The lowest BCUT2D eigenvalue weighted by molar-refractivity contribution is -0.114. The summed E-state index contributed by atoms with van der Waals surface area (Å²) < 4.78 is 0. The van der Waals surface area contributed by atoms with Crippen molar-refractivity contribution >= 4 is 17.5 Å². The second-order valence-electron chi connectivity index (χ2n) is 2.04. The number of nitrogens with zero attached hydrogens (tertiary/aromatic N) is 1. The highest BCUT2D eigenvalue weighted by Crippen LogP contribution is 2.12. The largest absolute Gasteiger partial charge is 0.299 e. The minimum Gasteiger partial charge on any atom is -0.299 e. The summed E-state index contributed by atoms with van der Waals surface area (Å²) in [6.07, 6.45) is 0.814. The molecular formula is C7H11NOS. The summed E-state index contributed by atoms with van der Waals surface area (Å²) in [5.41, 5.74) is 0. The van der Waals surface area contributed by atoms with Crippen LogP contribution in [0.5, 0.6) is 0 Å². The highest BCUT2D eigenvalue weighted by atomic mass is 32.2. The summed E-state index contributed by atoms with van der Waals surface area (Å²) in [7, 11) is 0. The fraction of sp³-hybridized carbons (Fsp3) is 0.714. The molecule has 0 spiro atoms. The molecule has 10 heavy (non-hydrogen) atoms. The predicted octanol–water partition coefficient (Wildman–Crippen LogP) is 1.61. The first-order valence-corrected chi connectivity index (χ1v) is 4.26. The SMILES string of the molecule is CCC(C#N)SCC(C)=O. The van der Waals surface area contributed by atoms with Gasteiger partial charge in [0.15, 0.2) is 0 Å². The zero-order valence-electron chi connectivity index (χ0n) is 6.26. The molecule has 3 heteroatoms. The monoisotopic (exact) mass is 157 g/mol. The van der Waals surface area contributed by atoms with Gasteiger partial charge in [0.2, 0.25) is 0 Å². The van der Waals surface area contributed by atoms with Gasteiger partial charge in [0.05, 0.1) is 17.1 Å². The van der Waals surface area contributed by atoms with Crippen LogP contribution in [0, 0.1) is 11.3 Å². The van der Waals surface area contributed by atoms with Crippen LogP contribution in [0.15, 0.2) is 0 Å². The van der Waals surface area contributed by atoms with Crippen molar-refractivity contribution in [1.82, 2.24) is 0 Å². The molecule has 0 aromatic rings. The zero-order chi connectivity index (χ0) is 7.98. The molecular weight excluding hydrogens is 146 g/mol. The fourth-order valence-electron chi connectivity index (χ4n) is 0.464. The molecule has 0 aliphatic rings. The number of Topliss-reactive ketones (excluding diaryl/α,β-unsaturated/α-hetero) is 1. The molecule has 0 aliphatic heterocycles. The van der Waals surface area contributed by atoms with Gasteiger partial charge in [-0.2, -0.15) is 5.26 Å². The van der Waals surface area contributed by atoms with E-state index in [0.717, 1.165) is 6.42 Å². The van der Waals surface area contributed by atoms with Crippen LogP contribution >= 0.6 is 11.8 Å². The normalized spacial score (nSPS) is 12.1. The van der Waals surface area contributed by atoms with Gasteiger partial charge in [-0.15, -0.1) is 11.8 Å². The number of hydrogen-bond donors (Lipinski definition) is 0. The Balaban J connectivity index is 3.47. The minimum atomic E-state index is -0.0103. The van der Waals surface area contributed by atoms with E-state index in [1.54, 1.807) is 0 Å². The van der Waals surface area contributed by atoms with E-state index in [1.165, 1.54) is 18.7 Å². The van der Waals surface area contributed by atoms with Crippen LogP contribution in [-0.2, 0) is 4.79 Å². The van der Waals surface area contributed by atoms with E-state index in [4.69, 9.17) is 5.26 Å². The molecule has 0 heterocycles. The molecule has 0 aromatic carbocycles. The van der Waals surface area contributed by atoms with Gasteiger partial charge in [-0.05, 0) is 13.3 Å². The van der Waals surface area contributed by atoms with E-state index in [1.807, 2.05) is 6.92 Å². The molecule has 56 valence electrons. The van der Waals surface area contributed by atoms with Crippen molar-refractivity contribution in [3.05, 3.63) is 0 Å². The minimum absolute atomic E-state index is 0.0103. The standard InChI is InChI=1S/C7H11NOS/c1-3-7(4-8)10-5-6(2)9/h7H,3,5H2,1-2H3.